The maximum atomic E-state index is 13.3. The Morgan fingerprint density at radius 1 is 1.17 bits per heavy atom. The first-order valence-corrected chi connectivity index (χ1v) is 9.06. The van der Waals surface area contributed by atoms with E-state index >= 15 is 0 Å². The Morgan fingerprint density at radius 3 is 2.55 bits per heavy atom. The van der Waals surface area contributed by atoms with Crippen LogP contribution >= 0.6 is 0 Å². The number of anilines is 1. The van der Waals surface area contributed by atoms with Gasteiger partial charge in [0.1, 0.15) is 12.4 Å². The van der Waals surface area contributed by atoms with Gasteiger partial charge in [0, 0.05) is 25.1 Å². The Bertz CT molecular complexity index is 1000. The first-order valence-electron chi connectivity index (χ1n) is 9.06. The highest BCUT2D eigenvalue weighted by atomic mass is 19.1. The average Bonchev–Trinajstić information content (AvgIpc) is 3.26. The maximum Gasteiger partial charge on any atom is 0.256 e. The maximum absolute atomic E-state index is 13.3. The molecule has 2 aromatic carbocycles. The number of nitrogens with one attached hydrogen (secondary N) is 1. The van der Waals surface area contributed by atoms with Crippen LogP contribution in [-0.4, -0.2) is 46.3 Å². The Labute approximate surface area is 166 Å². The van der Waals surface area contributed by atoms with E-state index in [2.05, 4.69) is 10.4 Å². The standard InChI is InChI=1S/C21H19FN4O3/c1-25-18(27)13-29-20(19(25)14-3-5-15(22)6-4-14)21(28)24-16-7-9-17(10-8-16)26-12-2-11-23-26/h2-12,19-20H,13H2,1H3,(H,24,28)/t19-,20-/m1/s1. The molecule has 7 nitrogen and oxygen atoms in total. The molecule has 8 heteroatoms. The van der Waals surface area contributed by atoms with E-state index in [1.807, 2.05) is 24.4 Å². The topological polar surface area (TPSA) is 76.5 Å². The molecule has 3 aromatic rings. The van der Waals surface area contributed by atoms with Gasteiger partial charge in [-0.05, 0) is 48.0 Å². The summed E-state index contributed by atoms with van der Waals surface area (Å²) >= 11 is 0. The summed E-state index contributed by atoms with van der Waals surface area (Å²) in [5.74, 6) is -1.02. The predicted molar refractivity (Wildman–Crippen MR) is 104 cm³/mol. The van der Waals surface area contributed by atoms with Crippen LogP contribution in [0.1, 0.15) is 11.6 Å². The number of likely N-dealkylation sites (N-methyl/N-ethyl adjacent to an activating group) is 1. The molecule has 29 heavy (non-hydrogen) atoms. The summed E-state index contributed by atoms with van der Waals surface area (Å²) in [4.78, 5) is 26.5. The van der Waals surface area contributed by atoms with Crippen LogP contribution in [0, 0.1) is 5.82 Å². The van der Waals surface area contributed by atoms with E-state index in [1.165, 1.54) is 17.0 Å². The summed E-state index contributed by atoms with van der Waals surface area (Å²) < 4.78 is 20.6. The highest BCUT2D eigenvalue weighted by molar-refractivity contribution is 5.96. The van der Waals surface area contributed by atoms with Crippen molar-refractivity contribution in [1.82, 2.24) is 14.7 Å². The van der Waals surface area contributed by atoms with Crippen LogP contribution in [0.4, 0.5) is 10.1 Å². The lowest BCUT2D eigenvalue weighted by atomic mass is 9.97. The Balaban J connectivity index is 1.54. The second-order valence-electron chi connectivity index (χ2n) is 6.72. The van der Waals surface area contributed by atoms with Gasteiger partial charge in [0.05, 0.1) is 11.7 Å². The zero-order valence-corrected chi connectivity index (χ0v) is 15.7. The number of amides is 2. The number of carbonyl (C=O) groups excluding carboxylic acids is 2. The monoisotopic (exact) mass is 394 g/mol. The van der Waals surface area contributed by atoms with E-state index in [4.69, 9.17) is 4.74 Å². The minimum absolute atomic E-state index is 0.190. The van der Waals surface area contributed by atoms with Gasteiger partial charge >= 0.3 is 0 Å². The third kappa shape index (κ3) is 3.88. The lowest BCUT2D eigenvalue weighted by Crippen LogP contribution is -2.51. The zero-order valence-electron chi connectivity index (χ0n) is 15.7. The number of carbonyl (C=O) groups is 2. The van der Waals surface area contributed by atoms with Gasteiger partial charge in [0.15, 0.2) is 6.10 Å². The molecule has 1 saturated heterocycles. The van der Waals surface area contributed by atoms with E-state index in [-0.39, 0.29) is 18.4 Å². The van der Waals surface area contributed by atoms with Gasteiger partial charge in [0.25, 0.3) is 5.91 Å². The molecule has 0 bridgehead atoms. The number of hydrogen-bond acceptors (Lipinski definition) is 4. The quantitative estimate of drug-likeness (QED) is 0.738. The SMILES string of the molecule is CN1C(=O)CO[C@@H](C(=O)Nc2ccc(-n3cccn3)cc2)[C@H]1c1ccc(F)cc1. The molecular formula is C21H19FN4O3. The van der Waals surface area contributed by atoms with Gasteiger partial charge in [-0.3, -0.25) is 9.59 Å². The summed E-state index contributed by atoms with van der Waals surface area (Å²) in [5, 5.41) is 6.99. The van der Waals surface area contributed by atoms with Crippen molar-refractivity contribution in [3.05, 3.63) is 78.4 Å². The van der Waals surface area contributed by atoms with Gasteiger partial charge in [0.2, 0.25) is 5.91 Å². The van der Waals surface area contributed by atoms with Gasteiger partial charge < -0.3 is 15.0 Å². The number of nitrogens with zero attached hydrogens (tertiary/aromatic N) is 3. The van der Waals surface area contributed by atoms with E-state index in [0.717, 1.165) is 5.69 Å². The molecule has 0 spiro atoms. The Hall–Kier alpha value is -3.52. The molecule has 0 aliphatic carbocycles. The normalized spacial score (nSPS) is 19.2. The van der Waals surface area contributed by atoms with Crippen molar-refractivity contribution < 1.29 is 18.7 Å². The summed E-state index contributed by atoms with van der Waals surface area (Å²) in [6, 6.07) is 14.1. The van der Waals surface area contributed by atoms with Crippen LogP contribution in [0.25, 0.3) is 5.69 Å². The number of aromatic nitrogens is 2. The summed E-state index contributed by atoms with van der Waals surface area (Å²) in [6.45, 7) is -0.190. The Morgan fingerprint density at radius 2 is 1.90 bits per heavy atom. The van der Waals surface area contributed by atoms with Crippen molar-refractivity contribution in [3.8, 4) is 5.69 Å². The smallest absolute Gasteiger partial charge is 0.256 e. The van der Waals surface area contributed by atoms with Gasteiger partial charge in [-0.2, -0.15) is 5.10 Å². The molecule has 0 unspecified atom stereocenters. The molecule has 2 amide bonds. The number of morpholine rings is 1. The van der Waals surface area contributed by atoms with E-state index < -0.39 is 18.0 Å². The lowest BCUT2D eigenvalue weighted by Gasteiger charge is -2.38. The number of hydrogen-bond donors (Lipinski definition) is 1. The van der Waals surface area contributed by atoms with Gasteiger partial charge in [-0.25, -0.2) is 9.07 Å². The van der Waals surface area contributed by atoms with Gasteiger partial charge in [-0.1, -0.05) is 12.1 Å². The minimum Gasteiger partial charge on any atom is -0.356 e. The van der Waals surface area contributed by atoms with Crippen LogP contribution < -0.4 is 5.32 Å². The highest BCUT2D eigenvalue weighted by Crippen LogP contribution is 2.30. The molecule has 4 rings (SSSR count). The van der Waals surface area contributed by atoms with Crippen molar-refractivity contribution in [2.24, 2.45) is 0 Å². The fraction of sp³-hybridized carbons (Fsp3) is 0.190. The van der Waals surface area contributed by atoms with E-state index in [9.17, 15) is 14.0 Å². The van der Waals surface area contributed by atoms with Crippen LogP contribution in [0.15, 0.2) is 67.0 Å². The average molecular weight is 394 g/mol. The van der Waals surface area contributed by atoms with Crippen LogP contribution in [-0.2, 0) is 14.3 Å². The summed E-state index contributed by atoms with van der Waals surface area (Å²) in [5.41, 5.74) is 2.07. The zero-order chi connectivity index (χ0) is 20.4. The summed E-state index contributed by atoms with van der Waals surface area (Å²) in [7, 11) is 1.61. The van der Waals surface area contributed by atoms with E-state index in [1.54, 1.807) is 42.2 Å². The number of benzene rings is 2. The molecule has 1 N–H and O–H groups in total. The van der Waals surface area contributed by atoms with Crippen molar-refractivity contribution in [2.75, 3.05) is 19.0 Å². The van der Waals surface area contributed by atoms with Crippen LogP contribution in [0.2, 0.25) is 0 Å². The third-order valence-electron chi connectivity index (χ3n) is 4.86. The Kier molecular flexibility index (Phi) is 5.09. The molecule has 0 radical (unpaired) electrons. The molecule has 148 valence electrons. The fourth-order valence-corrected chi connectivity index (χ4v) is 3.32. The highest BCUT2D eigenvalue weighted by Gasteiger charge is 2.40. The van der Waals surface area contributed by atoms with Crippen molar-refractivity contribution in [1.29, 1.82) is 0 Å². The lowest BCUT2D eigenvalue weighted by molar-refractivity contribution is -0.160. The molecule has 1 aliphatic heterocycles. The van der Waals surface area contributed by atoms with Crippen molar-refractivity contribution >= 4 is 17.5 Å². The minimum atomic E-state index is -0.922. The number of rotatable bonds is 4. The molecule has 1 aromatic heterocycles. The molecule has 2 heterocycles. The third-order valence-corrected chi connectivity index (χ3v) is 4.86. The number of ether oxygens (including phenoxy) is 1. The predicted octanol–water partition coefficient (Wildman–Crippen LogP) is 2.55. The number of halogens is 1. The van der Waals surface area contributed by atoms with Crippen LogP contribution in [0.3, 0.4) is 0 Å². The molecule has 0 saturated carbocycles. The van der Waals surface area contributed by atoms with E-state index in [0.29, 0.717) is 11.3 Å². The fourth-order valence-electron chi connectivity index (χ4n) is 3.32. The first kappa shape index (κ1) is 18.8. The first-order chi connectivity index (χ1) is 14.0. The van der Waals surface area contributed by atoms with Crippen molar-refractivity contribution in [3.63, 3.8) is 0 Å². The molecule has 2 atom stereocenters. The van der Waals surface area contributed by atoms with Gasteiger partial charge in [-0.15, -0.1) is 0 Å². The molecule has 1 aliphatic rings. The van der Waals surface area contributed by atoms with Crippen LogP contribution in [0.5, 0.6) is 0 Å². The second kappa shape index (κ2) is 7.84. The van der Waals surface area contributed by atoms with Crippen molar-refractivity contribution in [2.45, 2.75) is 12.1 Å². The second-order valence-corrected chi connectivity index (χ2v) is 6.72. The largest absolute Gasteiger partial charge is 0.356 e. The molecule has 1 fully saturated rings. The molecular weight excluding hydrogens is 375 g/mol. The summed E-state index contributed by atoms with van der Waals surface area (Å²) in [6.07, 6.45) is 2.58.